The van der Waals surface area contributed by atoms with E-state index in [1.165, 1.54) is 6.07 Å². The van der Waals surface area contributed by atoms with Crippen LogP contribution in [-0.2, 0) is 17.5 Å². The molecule has 8 nitrogen and oxygen atoms in total. The van der Waals surface area contributed by atoms with Crippen LogP contribution < -0.4 is 15.5 Å². The van der Waals surface area contributed by atoms with Crippen molar-refractivity contribution in [1.82, 2.24) is 30.7 Å². The Morgan fingerprint density at radius 3 is 2.71 bits per heavy atom. The van der Waals surface area contributed by atoms with Crippen molar-refractivity contribution in [2.24, 2.45) is 0 Å². The lowest BCUT2D eigenvalue weighted by Crippen LogP contribution is -2.51. The number of nitrogens with one attached hydrogen (secondary N) is 3. The Morgan fingerprint density at radius 2 is 2.10 bits per heavy atom. The summed E-state index contributed by atoms with van der Waals surface area (Å²) in [5.41, 5.74) is 1.15. The Labute approximate surface area is 181 Å². The molecule has 2 aromatic heterocycles. The van der Waals surface area contributed by atoms with Crippen LogP contribution in [0.2, 0.25) is 0 Å². The predicted molar refractivity (Wildman–Crippen MR) is 112 cm³/mol. The minimum absolute atomic E-state index is 0.0614. The quantitative estimate of drug-likeness (QED) is 0.483. The van der Waals surface area contributed by atoms with Gasteiger partial charge in [0.1, 0.15) is 11.5 Å². The van der Waals surface area contributed by atoms with Gasteiger partial charge in [-0.2, -0.15) is 18.3 Å². The lowest BCUT2D eigenvalue weighted by molar-refractivity contribution is -0.137. The number of alkyl halides is 3. The number of carbonyl (C=O) groups is 1. The molecule has 0 unspecified atom stereocenters. The third-order valence-corrected chi connectivity index (χ3v) is 5.43. The molecule has 1 atom stereocenters. The van der Waals surface area contributed by atoms with Gasteiger partial charge in [0, 0.05) is 50.2 Å². The van der Waals surface area contributed by atoms with E-state index in [4.69, 9.17) is 12.2 Å². The van der Waals surface area contributed by atoms with Crippen LogP contribution in [0.15, 0.2) is 30.2 Å². The highest BCUT2D eigenvalue weighted by molar-refractivity contribution is 7.80. The number of hydrogen-bond donors (Lipinski definition) is 3. The van der Waals surface area contributed by atoms with Crippen molar-refractivity contribution in [2.45, 2.75) is 25.7 Å². The molecule has 0 saturated carbocycles. The molecule has 2 fully saturated rings. The van der Waals surface area contributed by atoms with Gasteiger partial charge < -0.3 is 10.2 Å². The van der Waals surface area contributed by atoms with Crippen LogP contribution in [-0.4, -0.2) is 56.8 Å². The van der Waals surface area contributed by atoms with Crippen LogP contribution in [0, 0.1) is 0 Å². The summed E-state index contributed by atoms with van der Waals surface area (Å²) in [5.74, 6) is 0.230. The first-order chi connectivity index (χ1) is 14.7. The Morgan fingerprint density at radius 1 is 1.29 bits per heavy atom. The molecule has 0 aromatic carbocycles. The monoisotopic (exact) mass is 451 g/mol. The third kappa shape index (κ3) is 4.69. The molecule has 2 aliphatic heterocycles. The molecule has 4 rings (SSSR count). The summed E-state index contributed by atoms with van der Waals surface area (Å²) in [4.78, 5) is 20.1. The average Bonchev–Trinajstić information content (AvgIpc) is 3.27. The second kappa shape index (κ2) is 8.27. The minimum atomic E-state index is -4.40. The van der Waals surface area contributed by atoms with Gasteiger partial charge in [-0.3, -0.25) is 20.1 Å². The topological polar surface area (TPSA) is 89.2 Å². The van der Waals surface area contributed by atoms with E-state index >= 15 is 0 Å². The highest BCUT2D eigenvalue weighted by Gasteiger charge is 2.32. The summed E-state index contributed by atoms with van der Waals surface area (Å²) in [6, 6.07) is 2.54. The van der Waals surface area contributed by atoms with Crippen LogP contribution in [0.25, 0.3) is 6.08 Å². The Kier molecular flexibility index (Phi) is 5.67. The molecule has 4 heterocycles. The number of nitrogens with zero attached hydrogens (tertiary/aromatic N) is 4. The minimum Gasteiger partial charge on any atom is -0.351 e. The molecule has 2 aliphatic rings. The van der Waals surface area contributed by atoms with E-state index in [2.05, 4.69) is 30.7 Å². The van der Waals surface area contributed by atoms with Crippen molar-refractivity contribution in [3.63, 3.8) is 0 Å². The first-order valence-electron chi connectivity index (χ1n) is 9.59. The first kappa shape index (κ1) is 21.2. The molecule has 3 N–H and O–H groups in total. The molecule has 0 radical (unpaired) electrons. The SMILES string of the molecule is C[C@@H]1CN(Cc2c[nH]nc2C=C2NC(=S)NC2=O)CCN1c1ccc(C(F)(F)F)cn1. The largest absolute Gasteiger partial charge is 0.417 e. The van der Waals surface area contributed by atoms with Crippen molar-refractivity contribution < 1.29 is 18.0 Å². The summed E-state index contributed by atoms with van der Waals surface area (Å²) in [7, 11) is 0. The number of amides is 1. The van der Waals surface area contributed by atoms with E-state index in [0.717, 1.165) is 17.8 Å². The highest BCUT2D eigenvalue weighted by atomic mass is 32.1. The molecule has 1 amide bonds. The van der Waals surface area contributed by atoms with Gasteiger partial charge >= 0.3 is 6.18 Å². The van der Waals surface area contributed by atoms with Gasteiger partial charge in [0.15, 0.2) is 5.11 Å². The maximum absolute atomic E-state index is 12.8. The fourth-order valence-corrected chi connectivity index (χ4v) is 3.88. The van der Waals surface area contributed by atoms with Gasteiger partial charge in [-0.05, 0) is 37.4 Å². The zero-order chi connectivity index (χ0) is 22.2. The summed E-state index contributed by atoms with van der Waals surface area (Å²) in [5, 5.41) is 12.6. The lowest BCUT2D eigenvalue weighted by atomic mass is 10.1. The molecule has 2 saturated heterocycles. The molecular weight excluding hydrogens is 431 g/mol. The highest BCUT2D eigenvalue weighted by Crippen LogP contribution is 2.30. The molecule has 2 aromatic rings. The molecule has 164 valence electrons. The number of rotatable bonds is 4. The molecule has 12 heteroatoms. The van der Waals surface area contributed by atoms with E-state index in [9.17, 15) is 18.0 Å². The van der Waals surface area contributed by atoms with Gasteiger partial charge in [0.2, 0.25) is 0 Å². The smallest absolute Gasteiger partial charge is 0.351 e. The maximum Gasteiger partial charge on any atom is 0.417 e. The number of aromatic amines is 1. The number of pyridine rings is 1. The van der Waals surface area contributed by atoms with Crippen LogP contribution >= 0.6 is 12.2 Å². The Hall–Kier alpha value is -2.99. The fraction of sp³-hybridized carbons (Fsp3) is 0.368. The zero-order valence-corrected chi connectivity index (χ0v) is 17.3. The van der Waals surface area contributed by atoms with Crippen LogP contribution in [0.3, 0.4) is 0 Å². The molecular formula is C19H20F3N7OS. The molecule has 0 aliphatic carbocycles. The van der Waals surface area contributed by atoms with Crippen LogP contribution in [0.4, 0.5) is 19.0 Å². The van der Waals surface area contributed by atoms with E-state index in [1.54, 1.807) is 12.3 Å². The number of thiocarbonyl (C=S) groups is 1. The van der Waals surface area contributed by atoms with Crippen LogP contribution in [0.5, 0.6) is 0 Å². The van der Waals surface area contributed by atoms with Crippen molar-refractivity contribution >= 4 is 35.1 Å². The number of piperazine rings is 1. The number of anilines is 1. The van der Waals surface area contributed by atoms with Crippen LogP contribution in [0.1, 0.15) is 23.7 Å². The summed E-state index contributed by atoms with van der Waals surface area (Å²) in [6.45, 7) is 4.66. The standard InChI is InChI=1S/C19H20F3N7OS/c1-11-9-28(4-5-29(11)16-3-2-13(8-23-16)19(20,21)22)10-12-7-24-27-14(12)6-15-17(30)26-18(31)25-15/h2-3,6-8,11H,4-5,9-10H2,1H3,(H,24,27)(H2,25,26,30,31)/t11-/m1/s1. The van der Waals surface area contributed by atoms with Gasteiger partial charge in [-0.1, -0.05) is 0 Å². The summed E-state index contributed by atoms with van der Waals surface area (Å²) < 4.78 is 38.3. The second-order valence-electron chi connectivity index (χ2n) is 7.44. The number of carbonyl (C=O) groups excluding carboxylic acids is 1. The van der Waals surface area contributed by atoms with Crippen molar-refractivity contribution in [3.8, 4) is 0 Å². The van der Waals surface area contributed by atoms with Gasteiger partial charge in [-0.25, -0.2) is 4.98 Å². The van der Waals surface area contributed by atoms with E-state index in [0.29, 0.717) is 43.4 Å². The van der Waals surface area contributed by atoms with E-state index < -0.39 is 11.7 Å². The number of halogens is 3. The van der Waals surface area contributed by atoms with Gasteiger partial charge in [0.05, 0.1) is 11.3 Å². The van der Waals surface area contributed by atoms with Gasteiger partial charge in [-0.15, -0.1) is 0 Å². The van der Waals surface area contributed by atoms with E-state index in [-0.39, 0.29) is 17.1 Å². The number of H-pyrrole nitrogens is 1. The van der Waals surface area contributed by atoms with Gasteiger partial charge in [0.25, 0.3) is 5.91 Å². The van der Waals surface area contributed by atoms with E-state index in [1.807, 2.05) is 11.8 Å². The Bertz CT molecular complexity index is 1020. The van der Waals surface area contributed by atoms with Crippen molar-refractivity contribution in [1.29, 1.82) is 0 Å². The third-order valence-electron chi connectivity index (χ3n) is 5.23. The molecule has 0 bridgehead atoms. The Balaban J connectivity index is 1.40. The van der Waals surface area contributed by atoms with Crippen molar-refractivity contribution in [3.05, 3.63) is 47.0 Å². The fourth-order valence-electron chi connectivity index (χ4n) is 3.68. The summed E-state index contributed by atoms with van der Waals surface area (Å²) >= 11 is 4.94. The average molecular weight is 451 g/mol. The zero-order valence-electron chi connectivity index (χ0n) is 16.5. The van der Waals surface area contributed by atoms with Crippen molar-refractivity contribution in [2.75, 3.05) is 24.5 Å². The number of aromatic nitrogens is 3. The number of hydrogen-bond acceptors (Lipinski definition) is 6. The maximum atomic E-state index is 12.8. The second-order valence-corrected chi connectivity index (χ2v) is 7.85. The summed E-state index contributed by atoms with van der Waals surface area (Å²) in [6.07, 6.45) is -0.0933. The molecule has 0 spiro atoms. The lowest BCUT2D eigenvalue weighted by Gasteiger charge is -2.40. The first-order valence-corrected chi connectivity index (χ1v) is 10.0. The molecule has 31 heavy (non-hydrogen) atoms. The normalized spacial score (nSPS) is 21.5. The predicted octanol–water partition coefficient (Wildman–Crippen LogP) is 1.88.